The zero-order valence-corrected chi connectivity index (χ0v) is 12.0. The summed E-state index contributed by atoms with van der Waals surface area (Å²) in [6.45, 7) is 0.224. The van der Waals surface area contributed by atoms with Gasteiger partial charge in [0.15, 0.2) is 11.8 Å². The summed E-state index contributed by atoms with van der Waals surface area (Å²) in [6.07, 6.45) is -5.04. The normalized spacial score (nSPS) is 31.5. The average Bonchev–Trinajstić information content (AvgIpc) is 2.74. The van der Waals surface area contributed by atoms with Gasteiger partial charge in [0.2, 0.25) is 5.82 Å². The van der Waals surface area contributed by atoms with Crippen LogP contribution >= 0.6 is 0 Å². The van der Waals surface area contributed by atoms with E-state index in [0.717, 1.165) is 0 Å². The number of aromatic nitrogens is 2. The molecule has 126 valence electrons. The average molecular weight is 331 g/mol. The SMILES string of the molecule is C[C@@H](O)[C@H]1O[C@@H](n2cc(F)c(=O)[nH]c2=O)[C@@](N)(C#CCF)C1O. The molecule has 1 fully saturated rings. The summed E-state index contributed by atoms with van der Waals surface area (Å²) in [5, 5.41) is 19.9. The smallest absolute Gasteiger partial charge is 0.330 e. The van der Waals surface area contributed by atoms with E-state index >= 15 is 0 Å². The Morgan fingerprint density at radius 1 is 1.61 bits per heavy atom. The Bertz CT molecular complexity index is 765. The van der Waals surface area contributed by atoms with Crippen LogP contribution < -0.4 is 17.0 Å². The first-order valence-electron chi connectivity index (χ1n) is 6.59. The van der Waals surface area contributed by atoms with Gasteiger partial charge in [0.05, 0.1) is 12.3 Å². The van der Waals surface area contributed by atoms with E-state index in [1.165, 1.54) is 6.92 Å². The Morgan fingerprint density at radius 3 is 2.83 bits per heavy atom. The summed E-state index contributed by atoms with van der Waals surface area (Å²) >= 11 is 0. The van der Waals surface area contributed by atoms with Gasteiger partial charge in [-0.3, -0.25) is 14.3 Å². The van der Waals surface area contributed by atoms with Crippen LogP contribution in [0.3, 0.4) is 0 Å². The number of aliphatic hydroxyl groups excluding tert-OH is 2. The second-order valence-electron chi connectivity index (χ2n) is 5.15. The van der Waals surface area contributed by atoms with Crippen molar-refractivity contribution in [2.45, 2.75) is 37.0 Å². The molecule has 0 aromatic carbocycles. The maximum absolute atomic E-state index is 13.5. The molecule has 10 heteroatoms. The number of halogens is 2. The van der Waals surface area contributed by atoms with Crippen LogP contribution in [0.4, 0.5) is 8.78 Å². The predicted molar refractivity (Wildman–Crippen MR) is 73.5 cm³/mol. The van der Waals surface area contributed by atoms with Crippen LogP contribution in [0.5, 0.6) is 0 Å². The minimum absolute atomic E-state index is 0.543. The van der Waals surface area contributed by atoms with E-state index in [0.29, 0.717) is 10.8 Å². The van der Waals surface area contributed by atoms with Crippen LogP contribution in [0.2, 0.25) is 0 Å². The van der Waals surface area contributed by atoms with Crippen molar-refractivity contribution in [2.75, 3.05) is 6.67 Å². The summed E-state index contributed by atoms with van der Waals surface area (Å²) < 4.78 is 31.7. The van der Waals surface area contributed by atoms with E-state index in [1.807, 2.05) is 5.92 Å². The molecule has 1 aliphatic heterocycles. The molecule has 0 bridgehead atoms. The first-order chi connectivity index (χ1) is 10.7. The number of alkyl halides is 1. The van der Waals surface area contributed by atoms with Crippen molar-refractivity contribution in [1.29, 1.82) is 0 Å². The number of H-pyrrole nitrogens is 1. The minimum atomic E-state index is -2.00. The lowest BCUT2D eigenvalue weighted by atomic mass is 9.90. The molecule has 1 aromatic rings. The van der Waals surface area contributed by atoms with Crippen LogP contribution in [0, 0.1) is 17.7 Å². The molecule has 1 aromatic heterocycles. The molecule has 0 radical (unpaired) electrons. The minimum Gasteiger partial charge on any atom is -0.391 e. The molecule has 0 aliphatic carbocycles. The Balaban J connectivity index is 2.61. The standard InChI is InChI=1S/C13H15F2N3O5/c1-6(19)8-9(20)13(16,3-2-4-14)11(23-8)18-5-7(15)10(21)17-12(18)22/h5-6,8-9,11,19-20H,4,16H2,1H3,(H,17,21,22)/t6-,8-,9?,11-,13-/m1/s1. The largest absolute Gasteiger partial charge is 0.391 e. The van der Waals surface area contributed by atoms with Gasteiger partial charge in [-0.15, -0.1) is 0 Å². The topological polar surface area (TPSA) is 131 Å². The van der Waals surface area contributed by atoms with Gasteiger partial charge in [0, 0.05) is 0 Å². The third-order valence-electron chi connectivity index (χ3n) is 3.52. The van der Waals surface area contributed by atoms with Gasteiger partial charge in [-0.1, -0.05) is 11.8 Å². The van der Waals surface area contributed by atoms with E-state index in [1.54, 1.807) is 4.98 Å². The number of nitrogens with zero attached hydrogens (tertiary/aromatic N) is 1. The summed E-state index contributed by atoms with van der Waals surface area (Å²) in [5.74, 6) is 2.98. The highest BCUT2D eigenvalue weighted by Gasteiger charge is 2.55. The fourth-order valence-electron chi connectivity index (χ4n) is 2.38. The first kappa shape index (κ1) is 17.3. The van der Waals surface area contributed by atoms with E-state index in [-0.39, 0.29) is 0 Å². The van der Waals surface area contributed by atoms with E-state index in [2.05, 4.69) is 5.92 Å². The molecule has 8 nitrogen and oxygen atoms in total. The van der Waals surface area contributed by atoms with E-state index in [4.69, 9.17) is 10.5 Å². The van der Waals surface area contributed by atoms with Crippen LogP contribution in [0.1, 0.15) is 13.2 Å². The van der Waals surface area contributed by atoms with Crippen molar-refractivity contribution in [3.05, 3.63) is 32.9 Å². The quantitative estimate of drug-likeness (QED) is 0.463. The second-order valence-corrected chi connectivity index (χ2v) is 5.15. The van der Waals surface area contributed by atoms with Gasteiger partial charge >= 0.3 is 5.69 Å². The maximum Gasteiger partial charge on any atom is 0.330 e. The number of hydrogen-bond acceptors (Lipinski definition) is 6. The van der Waals surface area contributed by atoms with Gasteiger partial charge < -0.3 is 20.7 Å². The molecule has 1 saturated heterocycles. The third-order valence-corrected chi connectivity index (χ3v) is 3.52. The van der Waals surface area contributed by atoms with Crippen LogP contribution in [0.25, 0.3) is 0 Å². The molecule has 0 saturated carbocycles. The summed E-state index contributed by atoms with van der Waals surface area (Å²) in [7, 11) is 0. The Kier molecular flexibility index (Phi) is 4.67. The molecular formula is C13H15F2N3O5. The van der Waals surface area contributed by atoms with Crippen molar-refractivity contribution >= 4 is 0 Å². The molecule has 23 heavy (non-hydrogen) atoms. The Morgan fingerprint density at radius 2 is 2.26 bits per heavy atom. The zero-order valence-electron chi connectivity index (χ0n) is 12.0. The lowest BCUT2D eigenvalue weighted by molar-refractivity contribution is -0.0781. The lowest BCUT2D eigenvalue weighted by Gasteiger charge is -2.27. The van der Waals surface area contributed by atoms with Crippen LogP contribution in [-0.4, -0.2) is 50.3 Å². The molecule has 2 rings (SSSR count). The zero-order chi connectivity index (χ0) is 17.4. The Labute approximate surface area is 128 Å². The monoisotopic (exact) mass is 331 g/mol. The molecule has 0 spiro atoms. The van der Waals surface area contributed by atoms with Crippen molar-refractivity contribution in [2.24, 2.45) is 5.73 Å². The molecule has 2 heterocycles. The summed E-state index contributed by atoms with van der Waals surface area (Å²) in [6, 6.07) is 0. The van der Waals surface area contributed by atoms with Crippen molar-refractivity contribution in [3.8, 4) is 11.8 Å². The highest BCUT2D eigenvalue weighted by Crippen LogP contribution is 2.36. The maximum atomic E-state index is 13.5. The van der Waals surface area contributed by atoms with Crippen molar-refractivity contribution in [1.82, 2.24) is 9.55 Å². The number of nitrogens with two attached hydrogens (primary N) is 1. The van der Waals surface area contributed by atoms with Gasteiger partial charge in [-0.2, -0.15) is 4.39 Å². The van der Waals surface area contributed by atoms with Gasteiger partial charge in [0.1, 0.15) is 18.9 Å². The molecular weight excluding hydrogens is 316 g/mol. The van der Waals surface area contributed by atoms with E-state index < -0.39 is 53.8 Å². The predicted octanol–water partition coefficient (Wildman–Crippen LogP) is -2.01. The lowest BCUT2D eigenvalue weighted by Crippen LogP contribution is -2.55. The van der Waals surface area contributed by atoms with Gasteiger partial charge in [-0.25, -0.2) is 9.18 Å². The molecule has 5 atom stereocenters. The fraction of sp³-hybridized carbons (Fsp3) is 0.538. The molecule has 1 aliphatic rings. The second kappa shape index (κ2) is 6.21. The van der Waals surface area contributed by atoms with Crippen molar-refractivity contribution in [3.63, 3.8) is 0 Å². The van der Waals surface area contributed by atoms with E-state index in [9.17, 15) is 28.6 Å². The highest BCUT2D eigenvalue weighted by atomic mass is 19.1. The Hall–Kier alpha value is -2.06. The third kappa shape index (κ3) is 2.91. The molecule has 5 N–H and O–H groups in total. The number of aromatic amines is 1. The highest BCUT2D eigenvalue weighted by molar-refractivity contribution is 5.26. The van der Waals surface area contributed by atoms with Crippen LogP contribution in [-0.2, 0) is 4.74 Å². The van der Waals surface area contributed by atoms with Gasteiger partial charge in [-0.05, 0) is 6.92 Å². The number of aliphatic hydroxyl groups is 2. The number of rotatable bonds is 2. The first-order valence-corrected chi connectivity index (χ1v) is 6.59. The molecule has 0 amide bonds. The summed E-state index contributed by atoms with van der Waals surface area (Å²) in [5.41, 5.74) is 1.65. The molecule has 1 unspecified atom stereocenters. The van der Waals surface area contributed by atoms with Crippen LogP contribution in [0.15, 0.2) is 15.8 Å². The number of ether oxygens (including phenoxy) is 1. The van der Waals surface area contributed by atoms with Gasteiger partial charge in [0.25, 0.3) is 5.56 Å². The number of hydrogen-bond donors (Lipinski definition) is 4. The van der Waals surface area contributed by atoms with Crippen molar-refractivity contribution < 1.29 is 23.7 Å². The summed E-state index contributed by atoms with van der Waals surface area (Å²) in [4.78, 5) is 24.7. The fourth-order valence-corrected chi connectivity index (χ4v) is 2.38. The number of nitrogens with one attached hydrogen (secondary N) is 1.